The van der Waals surface area contributed by atoms with Crippen LogP contribution in [0.3, 0.4) is 0 Å². The molecule has 0 radical (unpaired) electrons. The summed E-state index contributed by atoms with van der Waals surface area (Å²) in [5, 5.41) is 2.82. The Balaban J connectivity index is 1.27. The minimum atomic E-state index is -0.199. The van der Waals surface area contributed by atoms with Gasteiger partial charge in [0.05, 0.1) is 11.0 Å². The van der Waals surface area contributed by atoms with Gasteiger partial charge in [-0.25, -0.2) is 9.97 Å². The largest absolute Gasteiger partial charge is 0.482 e. The number of aromatic amines is 1. The summed E-state index contributed by atoms with van der Waals surface area (Å²) < 4.78 is 12.6. The molecule has 2 atom stereocenters. The average Bonchev–Trinajstić information content (AvgIpc) is 3.39. The van der Waals surface area contributed by atoms with Gasteiger partial charge in [0.25, 0.3) is 0 Å². The third-order valence-electron chi connectivity index (χ3n) is 6.92. The molecule has 6 rings (SSSR count). The van der Waals surface area contributed by atoms with E-state index in [9.17, 15) is 4.79 Å². The van der Waals surface area contributed by atoms with Gasteiger partial charge in [-0.3, -0.25) is 4.79 Å². The number of anilines is 1. The Morgan fingerprint density at radius 3 is 2.77 bits per heavy atom. The molecule has 0 bridgehead atoms. The smallest absolute Gasteiger partial charge is 0.225 e. The number of pyridine rings is 1. The second-order valence-corrected chi connectivity index (χ2v) is 10.4. The molecule has 4 aromatic rings. The van der Waals surface area contributed by atoms with Crippen LogP contribution >= 0.6 is 0 Å². The first-order valence-corrected chi connectivity index (χ1v) is 12.0. The molecule has 2 aliphatic heterocycles. The summed E-state index contributed by atoms with van der Waals surface area (Å²) in [6, 6.07) is 14.1. The minimum Gasteiger partial charge on any atom is -0.482 e. The Labute approximate surface area is 203 Å². The fourth-order valence-electron chi connectivity index (χ4n) is 4.86. The molecule has 2 unspecified atom stereocenters. The number of hydrogen-bond donors (Lipinski definition) is 2. The summed E-state index contributed by atoms with van der Waals surface area (Å²) in [4.78, 5) is 24.3. The van der Waals surface area contributed by atoms with Crippen molar-refractivity contribution in [3.8, 4) is 17.2 Å². The lowest BCUT2D eigenvalue weighted by Gasteiger charge is -2.19. The molecule has 178 valence electrons. The van der Waals surface area contributed by atoms with E-state index >= 15 is 0 Å². The quantitative estimate of drug-likeness (QED) is 0.375. The third-order valence-corrected chi connectivity index (χ3v) is 6.92. The number of amides is 1. The molecule has 2 aromatic carbocycles. The van der Waals surface area contributed by atoms with Crippen LogP contribution < -0.4 is 14.8 Å². The molecule has 4 heterocycles. The summed E-state index contributed by atoms with van der Waals surface area (Å²) in [6.45, 7) is 8.78. The number of aromatic nitrogens is 3. The van der Waals surface area contributed by atoms with E-state index < -0.39 is 0 Å². The van der Waals surface area contributed by atoms with Gasteiger partial charge in [0, 0.05) is 29.7 Å². The lowest BCUT2D eigenvalue weighted by atomic mass is 9.87. The van der Waals surface area contributed by atoms with E-state index in [1.807, 2.05) is 24.3 Å². The number of rotatable bonds is 3. The zero-order valence-electron chi connectivity index (χ0n) is 20.3. The highest BCUT2D eigenvalue weighted by molar-refractivity contribution is 5.93. The van der Waals surface area contributed by atoms with Crippen molar-refractivity contribution in [3.63, 3.8) is 0 Å². The Morgan fingerprint density at radius 1 is 1.09 bits per heavy atom. The molecule has 0 spiro atoms. The standard InChI is InChI=1S/C28H28N4O3/c1-15-19-14-17(34-23-11-12-29-26-18(23)7-10-24(33)32-26)6-9-22(19)35-25(15)27-30-20-8-5-16(28(2,3)4)13-21(20)31-27/h5-6,8-9,11-15,25H,7,10H2,1-4H3,(H,30,31)(H,29,32,33). The molecule has 1 amide bonds. The fourth-order valence-corrected chi connectivity index (χ4v) is 4.86. The van der Waals surface area contributed by atoms with Crippen LogP contribution in [0.15, 0.2) is 48.7 Å². The van der Waals surface area contributed by atoms with Gasteiger partial charge < -0.3 is 19.8 Å². The number of nitrogens with zero attached hydrogens (tertiary/aromatic N) is 2. The lowest BCUT2D eigenvalue weighted by Crippen LogP contribution is -2.20. The highest BCUT2D eigenvalue weighted by atomic mass is 16.5. The lowest BCUT2D eigenvalue weighted by molar-refractivity contribution is -0.116. The second-order valence-electron chi connectivity index (χ2n) is 10.4. The number of imidazole rings is 1. The average molecular weight is 469 g/mol. The molecule has 7 nitrogen and oxygen atoms in total. The van der Waals surface area contributed by atoms with Crippen LogP contribution in [-0.2, 0) is 16.6 Å². The zero-order chi connectivity index (χ0) is 24.3. The molecule has 2 aromatic heterocycles. The normalized spacial score (nSPS) is 19.1. The molecule has 7 heteroatoms. The zero-order valence-corrected chi connectivity index (χ0v) is 20.3. The number of hydrogen-bond acceptors (Lipinski definition) is 5. The van der Waals surface area contributed by atoms with E-state index in [0.29, 0.717) is 24.4 Å². The van der Waals surface area contributed by atoms with Gasteiger partial charge in [0.15, 0.2) is 6.10 Å². The molecular weight excluding hydrogens is 440 g/mol. The van der Waals surface area contributed by atoms with Crippen molar-refractivity contribution in [2.24, 2.45) is 0 Å². The first-order valence-electron chi connectivity index (χ1n) is 12.0. The van der Waals surface area contributed by atoms with Crippen molar-refractivity contribution in [1.82, 2.24) is 15.0 Å². The second kappa shape index (κ2) is 7.83. The summed E-state index contributed by atoms with van der Waals surface area (Å²) in [6.07, 6.45) is 2.50. The first-order chi connectivity index (χ1) is 16.8. The monoisotopic (exact) mass is 468 g/mol. The van der Waals surface area contributed by atoms with Gasteiger partial charge in [-0.1, -0.05) is 33.8 Å². The SMILES string of the molecule is CC1c2cc(Oc3ccnc4c3CCC(=O)N4)ccc2OC1c1nc2ccc(C(C)(C)C)cc2[nH]1. The Bertz CT molecular complexity index is 1470. The number of H-pyrrole nitrogens is 1. The Kier molecular flexibility index (Phi) is 4.85. The maximum absolute atomic E-state index is 11.7. The van der Waals surface area contributed by atoms with Gasteiger partial charge in [-0.05, 0) is 53.8 Å². The molecule has 0 saturated heterocycles. The van der Waals surface area contributed by atoms with Crippen LogP contribution in [0, 0.1) is 0 Å². The van der Waals surface area contributed by atoms with Crippen LogP contribution in [0.5, 0.6) is 17.2 Å². The van der Waals surface area contributed by atoms with Crippen molar-refractivity contribution in [2.45, 2.75) is 58.0 Å². The fraction of sp³-hybridized carbons (Fsp3) is 0.321. The molecule has 2 aliphatic rings. The van der Waals surface area contributed by atoms with Gasteiger partial charge in [0.2, 0.25) is 5.91 Å². The van der Waals surface area contributed by atoms with Crippen LogP contribution in [0.1, 0.15) is 68.7 Å². The first kappa shape index (κ1) is 21.6. The predicted octanol–water partition coefficient (Wildman–Crippen LogP) is 6.17. The van der Waals surface area contributed by atoms with E-state index in [1.165, 1.54) is 5.56 Å². The number of fused-ring (bicyclic) bond motifs is 3. The van der Waals surface area contributed by atoms with Gasteiger partial charge >= 0.3 is 0 Å². The number of benzene rings is 2. The van der Waals surface area contributed by atoms with Crippen LogP contribution in [0.2, 0.25) is 0 Å². The maximum Gasteiger partial charge on any atom is 0.225 e. The maximum atomic E-state index is 11.7. The topological polar surface area (TPSA) is 89.1 Å². The molecular formula is C28H28N4O3. The molecule has 0 saturated carbocycles. The molecule has 0 fully saturated rings. The van der Waals surface area contributed by atoms with Gasteiger partial charge in [-0.15, -0.1) is 0 Å². The van der Waals surface area contributed by atoms with Crippen LogP contribution in [0.25, 0.3) is 11.0 Å². The van der Waals surface area contributed by atoms with Crippen molar-refractivity contribution < 1.29 is 14.3 Å². The van der Waals surface area contributed by atoms with E-state index in [-0.39, 0.29) is 23.3 Å². The summed E-state index contributed by atoms with van der Waals surface area (Å²) in [5.41, 5.74) is 5.31. The Hall–Kier alpha value is -3.87. The number of nitrogens with one attached hydrogen (secondary N) is 2. The van der Waals surface area contributed by atoms with Crippen LogP contribution in [0.4, 0.5) is 5.82 Å². The number of carbonyl (C=O) groups excluding carboxylic acids is 1. The van der Waals surface area contributed by atoms with Crippen molar-refractivity contribution >= 4 is 22.8 Å². The van der Waals surface area contributed by atoms with E-state index in [0.717, 1.165) is 39.5 Å². The number of ether oxygens (including phenoxy) is 2. The molecule has 35 heavy (non-hydrogen) atoms. The predicted molar refractivity (Wildman–Crippen MR) is 134 cm³/mol. The van der Waals surface area contributed by atoms with E-state index in [2.05, 4.69) is 61.2 Å². The Morgan fingerprint density at radius 2 is 1.94 bits per heavy atom. The van der Waals surface area contributed by atoms with Gasteiger partial charge in [0.1, 0.15) is 28.9 Å². The summed E-state index contributed by atoms with van der Waals surface area (Å²) in [7, 11) is 0. The van der Waals surface area contributed by atoms with Gasteiger partial charge in [-0.2, -0.15) is 0 Å². The summed E-state index contributed by atoms with van der Waals surface area (Å²) >= 11 is 0. The van der Waals surface area contributed by atoms with Crippen molar-refractivity contribution in [2.75, 3.05) is 5.32 Å². The third kappa shape index (κ3) is 3.81. The number of carbonyl (C=O) groups is 1. The van der Waals surface area contributed by atoms with E-state index in [1.54, 1.807) is 6.20 Å². The highest BCUT2D eigenvalue weighted by Crippen LogP contribution is 2.47. The van der Waals surface area contributed by atoms with Crippen molar-refractivity contribution in [1.29, 1.82) is 0 Å². The van der Waals surface area contributed by atoms with E-state index in [4.69, 9.17) is 14.5 Å². The van der Waals surface area contributed by atoms with Crippen molar-refractivity contribution in [3.05, 3.63) is 71.2 Å². The minimum absolute atomic E-state index is 0.0167. The highest BCUT2D eigenvalue weighted by Gasteiger charge is 2.35. The van der Waals surface area contributed by atoms with Crippen LogP contribution in [-0.4, -0.2) is 20.9 Å². The molecule has 2 N–H and O–H groups in total. The summed E-state index contributed by atoms with van der Waals surface area (Å²) in [5.74, 6) is 3.77. The molecule has 0 aliphatic carbocycles.